The van der Waals surface area contributed by atoms with Gasteiger partial charge in [-0.25, -0.2) is 8.78 Å². The van der Waals surface area contributed by atoms with Crippen molar-refractivity contribution < 1.29 is 13.3 Å². The second-order valence-corrected chi connectivity index (χ2v) is 4.13. The van der Waals surface area contributed by atoms with Gasteiger partial charge < -0.3 is 10.3 Å². The molecule has 1 heterocycles. The molecular weight excluding hydrogens is 226 g/mol. The average molecular weight is 238 g/mol. The lowest BCUT2D eigenvalue weighted by atomic mass is 9.99. The van der Waals surface area contributed by atoms with Gasteiger partial charge in [0.1, 0.15) is 0 Å². The summed E-state index contributed by atoms with van der Waals surface area (Å²) in [6, 6.07) is 4.09. The lowest BCUT2D eigenvalue weighted by Crippen LogP contribution is -1.95. The summed E-state index contributed by atoms with van der Waals surface area (Å²) in [5.41, 5.74) is 6.11. The fraction of sp³-hybridized carbons (Fsp3) is 0.250. The Bertz CT molecular complexity index is 549. The Morgan fingerprint density at radius 2 is 1.94 bits per heavy atom. The van der Waals surface area contributed by atoms with E-state index in [1.165, 1.54) is 12.1 Å². The molecule has 0 aliphatic rings. The van der Waals surface area contributed by atoms with Crippen LogP contribution in [0.5, 0.6) is 0 Å². The Morgan fingerprint density at radius 3 is 2.47 bits per heavy atom. The highest BCUT2D eigenvalue weighted by Gasteiger charge is 2.17. The van der Waals surface area contributed by atoms with E-state index in [2.05, 4.69) is 5.16 Å². The van der Waals surface area contributed by atoms with Gasteiger partial charge in [0.15, 0.2) is 23.2 Å². The average Bonchev–Trinajstić information content (AvgIpc) is 2.68. The standard InChI is InChI=1S/C12H12F2N2O/c1-6(2)7-3-8(12(14)9(13)4-7)10-5-11(15)16-17-10/h3-6H,1-2H3,(H2,15,16). The number of nitrogens with zero attached hydrogens (tertiary/aromatic N) is 1. The first kappa shape index (κ1) is 11.6. The summed E-state index contributed by atoms with van der Waals surface area (Å²) in [4.78, 5) is 0. The van der Waals surface area contributed by atoms with Crippen molar-refractivity contribution in [3.05, 3.63) is 35.4 Å². The SMILES string of the molecule is CC(C)c1cc(F)c(F)c(-c2cc(N)no2)c1. The predicted octanol–water partition coefficient (Wildman–Crippen LogP) is 3.33. The van der Waals surface area contributed by atoms with E-state index in [4.69, 9.17) is 10.3 Å². The maximum absolute atomic E-state index is 13.6. The molecule has 3 nitrogen and oxygen atoms in total. The lowest BCUT2D eigenvalue weighted by molar-refractivity contribution is 0.430. The van der Waals surface area contributed by atoms with E-state index >= 15 is 0 Å². The first-order chi connectivity index (χ1) is 7.99. The smallest absolute Gasteiger partial charge is 0.172 e. The molecular formula is C12H12F2N2O. The van der Waals surface area contributed by atoms with Crippen LogP contribution in [-0.2, 0) is 0 Å². The summed E-state index contributed by atoms with van der Waals surface area (Å²) < 4.78 is 31.9. The molecule has 0 unspecified atom stereocenters. The zero-order valence-corrected chi connectivity index (χ0v) is 9.50. The first-order valence-corrected chi connectivity index (χ1v) is 5.20. The maximum Gasteiger partial charge on any atom is 0.172 e. The van der Waals surface area contributed by atoms with Crippen molar-refractivity contribution in [2.45, 2.75) is 19.8 Å². The molecule has 17 heavy (non-hydrogen) atoms. The van der Waals surface area contributed by atoms with Crippen LogP contribution in [0.4, 0.5) is 14.6 Å². The second kappa shape index (κ2) is 4.16. The number of nitrogens with two attached hydrogens (primary N) is 1. The maximum atomic E-state index is 13.6. The van der Waals surface area contributed by atoms with Crippen molar-refractivity contribution >= 4 is 5.82 Å². The molecule has 0 fully saturated rings. The molecule has 0 aliphatic heterocycles. The molecule has 2 aromatic rings. The summed E-state index contributed by atoms with van der Waals surface area (Å²) in [6.45, 7) is 3.79. The Balaban J connectivity index is 2.60. The van der Waals surface area contributed by atoms with E-state index in [-0.39, 0.29) is 23.1 Å². The van der Waals surface area contributed by atoms with Gasteiger partial charge in [-0.1, -0.05) is 19.0 Å². The van der Waals surface area contributed by atoms with Gasteiger partial charge in [-0.05, 0) is 23.6 Å². The summed E-state index contributed by atoms with van der Waals surface area (Å²) in [7, 11) is 0. The molecule has 2 N–H and O–H groups in total. The van der Waals surface area contributed by atoms with Crippen LogP contribution in [0.15, 0.2) is 22.7 Å². The van der Waals surface area contributed by atoms with Crippen molar-refractivity contribution in [3.8, 4) is 11.3 Å². The van der Waals surface area contributed by atoms with E-state index in [1.54, 1.807) is 6.07 Å². The van der Waals surface area contributed by atoms with Crippen LogP contribution in [-0.4, -0.2) is 5.16 Å². The third kappa shape index (κ3) is 2.13. The Hall–Kier alpha value is -1.91. The Morgan fingerprint density at radius 1 is 1.24 bits per heavy atom. The number of hydrogen-bond acceptors (Lipinski definition) is 3. The molecule has 1 aromatic carbocycles. The van der Waals surface area contributed by atoms with Crippen LogP contribution in [0.25, 0.3) is 11.3 Å². The fourth-order valence-corrected chi connectivity index (χ4v) is 1.54. The Labute approximate surface area is 97.2 Å². The van der Waals surface area contributed by atoms with Crippen LogP contribution in [0.3, 0.4) is 0 Å². The largest absolute Gasteiger partial charge is 0.381 e. The van der Waals surface area contributed by atoms with E-state index in [0.717, 1.165) is 0 Å². The van der Waals surface area contributed by atoms with E-state index in [9.17, 15) is 8.78 Å². The van der Waals surface area contributed by atoms with Gasteiger partial charge in [-0.15, -0.1) is 0 Å². The molecule has 5 heteroatoms. The number of aromatic nitrogens is 1. The highest BCUT2D eigenvalue weighted by atomic mass is 19.2. The molecule has 90 valence electrons. The van der Waals surface area contributed by atoms with Gasteiger partial charge in [0, 0.05) is 6.07 Å². The minimum atomic E-state index is -0.953. The number of rotatable bonds is 2. The number of hydrogen-bond donors (Lipinski definition) is 1. The summed E-state index contributed by atoms with van der Waals surface area (Å²) in [5.74, 6) is -1.51. The van der Waals surface area contributed by atoms with Gasteiger partial charge in [-0.2, -0.15) is 0 Å². The third-order valence-corrected chi connectivity index (χ3v) is 2.51. The van der Waals surface area contributed by atoms with Crippen molar-refractivity contribution in [1.82, 2.24) is 5.16 Å². The van der Waals surface area contributed by atoms with E-state index in [1.807, 2.05) is 13.8 Å². The summed E-state index contributed by atoms with van der Waals surface area (Å²) in [6.07, 6.45) is 0. The number of benzene rings is 1. The Kier molecular flexibility index (Phi) is 2.83. The van der Waals surface area contributed by atoms with E-state index < -0.39 is 11.6 Å². The minimum absolute atomic E-state index is 0.0397. The molecule has 0 radical (unpaired) electrons. The number of nitrogen functional groups attached to an aromatic ring is 1. The van der Waals surface area contributed by atoms with Gasteiger partial charge in [0.05, 0.1) is 5.56 Å². The fourth-order valence-electron chi connectivity index (χ4n) is 1.54. The molecule has 0 spiro atoms. The van der Waals surface area contributed by atoms with E-state index in [0.29, 0.717) is 5.56 Å². The van der Waals surface area contributed by atoms with Crippen molar-refractivity contribution in [2.75, 3.05) is 5.73 Å². The van der Waals surface area contributed by atoms with Gasteiger partial charge in [-0.3, -0.25) is 0 Å². The highest BCUT2D eigenvalue weighted by molar-refractivity contribution is 5.62. The summed E-state index contributed by atoms with van der Waals surface area (Å²) >= 11 is 0. The van der Waals surface area contributed by atoms with Gasteiger partial charge >= 0.3 is 0 Å². The van der Waals surface area contributed by atoms with Crippen LogP contribution in [0, 0.1) is 11.6 Å². The first-order valence-electron chi connectivity index (χ1n) is 5.20. The molecule has 0 bridgehead atoms. The molecule has 0 aliphatic carbocycles. The van der Waals surface area contributed by atoms with Crippen LogP contribution in [0.2, 0.25) is 0 Å². The van der Waals surface area contributed by atoms with Crippen molar-refractivity contribution in [2.24, 2.45) is 0 Å². The lowest BCUT2D eigenvalue weighted by Gasteiger charge is -2.08. The zero-order valence-electron chi connectivity index (χ0n) is 9.50. The third-order valence-electron chi connectivity index (χ3n) is 2.51. The molecule has 0 saturated carbocycles. The number of halogens is 2. The second-order valence-electron chi connectivity index (χ2n) is 4.13. The normalized spacial score (nSPS) is 11.1. The molecule has 1 aromatic heterocycles. The minimum Gasteiger partial charge on any atom is -0.381 e. The molecule has 0 saturated heterocycles. The predicted molar refractivity (Wildman–Crippen MR) is 60.4 cm³/mol. The number of anilines is 1. The highest BCUT2D eigenvalue weighted by Crippen LogP contribution is 2.29. The monoisotopic (exact) mass is 238 g/mol. The topological polar surface area (TPSA) is 52.0 Å². The molecule has 0 amide bonds. The van der Waals surface area contributed by atoms with Gasteiger partial charge in [0.25, 0.3) is 0 Å². The quantitative estimate of drug-likeness (QED) is 0.873. The van der Waals surface area contributed by atoms with Crippen LogP contribution >= 0.6 is 0 Å². The zero-order chi connectivity index (χ0) is 12.6. The van der Waals surface area contributed by atoms with Crippen LogP contribution < -0.4 is 5.73 Å². The van der Waals surface area contributed by atoms with Gasteiger partial charge in [0.2, 0.25) is 0 Å². The molecule has 2 rings (SSSR count). The summed E-state index contributed by atoms with van der Waals surface area (Å²) in [5, 5.41) is 3.45. The van der Waals surface area contributed by atoms with Crippen molar-refractivity contribution in [3.63, 3.8) is 0 Å². The molecule has 0 atom stereocenters. The van der Waals surface area contributed by atoms with Crippen LogP contribution in [0.1, 0.15) is 25.3 Å². The van der Waals surface area contributed by atoms with Crippen molar-refractivity contribution in [1.29, 1.82) is 0 Å².